The maximum atomic E-state index is 13.0. The molecule has 156 valence electrons. The molecule has 0 saturated carbocycles. The summed E-state index contributed by atoms with van der Waals surface area (Å²) in [5.41, 5.74) is 2.51. The van der Waals surface area contributed by atoms with Gasteiger partial charge in [-0.15, -0.1) is 11.3 Å². The molecule has 0 N–H and O–H groups in total. The highest BCUT2D eigenvalue weighted by Gasteiger charge is 2.40. The zero-order chi connectivity index (χ0) is 20.7. The Bertz CT molecular complexity index is 1150. The molecule has 2 aliphatic heterocycles. The number of ether oxygens (including phenoxy) is 1. The molecule has 7 heteroatoms. The molecule has 30 heavy (non-hydrogen) atoms. The average molecular weight is 441 g/mol. The maximum absolute atomic E-state index is 13.0. The minimum atomic E-state index is -3.47. The van der Waals surface area contributed by atoms with E-state index in [0.717, 1.165) is 30.8 Å². The van der Waals surface area contributed by atoms with Crippen LogP contribution in [0.3, 0.4) is 0 Å². The van der Waals surface area contributed by atoms with Gasteiger partial charge in [-0.25, -0.2) is 8.42 Å². The Morgan fingerprint density at radius 2 is 1.83 bits per heavy atom. The lowest BCUT2D eigenvalue weighted by Gasteiger charge is -2.45. The fraction of sp³-hybridized carbons (Fsp3) is 0.304. The number of hydrogen-bond acceptors (Lipinski definition) is 5. The van der Waals surface area contributed by atoms with E-state index in [9.17, 15) is 8.42 Å². The molecule has 0 aliphatic carbocycles. The van der Waals surface area contributed by atoms with Crippen molar-refractivity contribution in [3.05, 3.63) is 76.0 Å². The number of fused-ring (bicyclic) bond motifs is 1. The predicted octanol–water partition coefficient (Wildman–Crippen LogP) is 4.28. The van der Waals surface area contributed by atoms with Crippen LogP contribution in [-0.2, 0) is 23.0 Å². The first kappa shape index (κ1) is 19.8. The highest BCUT2D eigenvalue weighted by atomic mass is 32.2. The Morgan fingerprint density at radius 3 is 2.60 bits per heavy atom. The first-order valence-corrected chi connectivity index (χ1v) is 12.4. The van der Waals surface area contributed by atoms with E-state index in [4.69, 9.17) is 4.74 Å². The van der Waals surface area contributed by atoms with E-state index >= 15 is 0 Å². The topological polar surface area (TPSA) is 49.9 Å². The molecule has 3 aromatic rings. The Balaban J connectivity index is 1.22. The van der Waals surface area contributed by atoms with Gasteiger partial charge in [0, 0.05) is 37.1 Å². The van der Waals surface area contributed by atoms with Crippen LogP contribution in [0, 0.1) is 6.92 Å². The normalized spacial score (nSPS) is 18.0. The van der Waals surface area contributed by atoms with Gasteiger partial charge in [-0.2, -0.15) is 4.31 Å². The number of nitrogens with zero attached hydrogens (tertiary/aromatic N) is 2. The van der Waals surface area contributed by atoms with Gasteiger partial charge in [0.15, 0.2) is 0 Å². The lowest BCUT2D eigenvalue weighted by Crippen LogP contribution is -2.61. The monoisotopic (exact) mass is 440 g/mol. The zero-order valence-electron chi connectivity index (χ0n) is 16.8. The molecule has 1 aromatic heterocycles. The highest BCUT2D eigenvalue weighted by Crippen LogP contribution is 2.31. The summed E-state index contributed by atoms with van der Waals surface area (Å²) in [6.45, 7) is 5.07. The van der Waals surface area contributed by atoms with E-state index < -0.39 is 10.0 Å². The third-order valence-electron chi connectivity index (χ3n) is 5.87. The van der Waals surface area contributed by atoms with E-state index in [2.05, 4.69) is 16.3 Å². The van der Waals surface area contributed by atoms with Crippen LogP contribution in [0.5, 0.6) is 11.5 Å². The van der Waals surface area contributed by atoms with Gasteiger partial charge in [0.1, 0.15) is 11.5 Å². The van der Waals surface area contributed by atoms with E-state index in [-0.39, 0.29) is 0 Å². The largest absolute Gasteiger partial charge is 0.457 e. The minimum absolute atomic E-state index is 0.303. The van der Waals surface area contributed by atoms with Gasteiger partial charge in [-0.1, -0.05) is 12.1 Å². The quantitative estimate of drug-likeness (QED) is 0.594. The third kappa shape index (κ3) is 3.78. The molecule has 0 radical (unpaired) electrons. The summed E-state index contributed by atoms with van der Waals surface area (Å²) in [6, 6.07) is 17.0. The van der Waals surface area contributed by atoms with Crippen molar-refractivity contribution >= 4 is 21.4 Å². The van der Waals surface area contributed by atoms with Crippen molar-refractivity contribution in [3.8, 4) is 11.5 Å². The fourth-order valence-electron chi connectivity index (χ4n) is 4.07. The summed E-state index contributed by atoms with van der Waals surface area (Å²) >= 11 is 1.83. The van der Waals surface area contributed by atoms with Crippen LogP contribution >= 0.6 is 11.3 Å². The molecular formula is C23H24N2O3S2. The Hall–Kier alpha value is -2.19. The van der Waals surface area contributed by atoms with Crippen molar-refractivity contribution in [1.29, 1.82) is 0 Å². The van der Waals surface area contributed by atoms with Crippen molar-refractivity contribution < 1.29 is 13.2 Å². The molecule has 2 aliphatic rings. The first-order valence-electron chi connectivity index (χ1n) is 10.1. The second kappa shape index (κ2) is 7.81. The van der Waals surface area contributed by atoms with Gasteiger partial charge in [-0.3, -0.25) is 4.90 Å². The molecule has 0 bridgehead atoms. The van der Waals surface area contributed by atoms with Gasteiger partial charge < -0.3 is 4.74 Å². The van der Waals surface area contributed by atoms with Crippen LogP contribution in [0.4, 0.5) is 0 Å². The number of benzene rings is 2. The van der Waals surface area contributed by atoms with Gasteiger partial charge in [0.2, 0.25) is 10.0 Å². The van der Waals surface area contributed by atoms with Crippen LogP contribution in [0.15, 0.2) is 64.9 Å². The van der Waals surface area contributed by atoms with Crippen LogP contribution in [0.2, 0.25) is 0 Å². The molecule has 3 heterocycles. The first-order chi connectivity index (χ1) is 14.5. The van der Waals surface area contributed by atoms with Crippen molar-refractivity contribution in [2.24, 2.45) is 0 Å². The maximum Gasteiger partial charge on any atom is 0.243 e. The molecule has 5 rings (SSSR count). The summed E-state index contributed by atoms with van der Waals surface area (Å²) in [4.78, 5) is 4.21. The molecule has 0 spiro atoms. The van der Waals surface area contributed by atoms with Gasteiger partial charge >= 0.3 is 0 Å². The molecular weight excluding hydrogens is 416 g/mol. The number of rotatable bonds is 5. The number of hydrogen-bond donors (Lipinski definition) is 0. The summed E-state index contributed by atoms with van der Waals surface area (Å²) in [5, 5.41) is 2.15. The molecule has 0 amide bonds. The smallest absolute Gasteiger partial charge is 0.243 e. The zero-order valence-corrected chi connectivity index (χ0v) is 18.5. The molecule has 0 unspecified atom stereocenters. The predicted molar refractivity (Wildman–Crippen MR) is 119 cm³/mol. The van der Waals surface area contributed by atoms with Crippen molar-refractivity contribution in [2.75, 3.05) is 19.6 Å². The van der Waals surface area contributed by atoms with Crippen LogP contribution < -0.4 is 4.74 Å². The second-order valence-corrected chi connectivity index (χ2v) is 10.9. The summed E-state index contributed by atoms with van der Waals surface area (Å²) < 4.78 is 33.4. The Labute approximate surface area is 181 Å². The van der Waals surface area contributed by atoms with Crippen molar-refractivity contribution in [3.63, 3.8) is 0 Å². The lowest BCUT2D eigenvalue weighted by atomic mass is 10.0. The summed E-state index contributed by atoms with van der Waals surface area (Å²) in [5.74, 6) is 1.37. The van der Waals surface area contributed by atoms with Crippen molar-refractivity contribution in [2.45, 2.75) is 30.8 Å². The van der Waals surface area contributed by atoms with E-state index in [1.54, 1.807) is 28.6 Å². The molecule has 5 nitrogen and oxygen atoms in total. The highest BCUT2D eigenvalue weighted by molar-refractivity contribution is 7.89. The van der Waals surface area contributed by atoms with Gasteiger partial charge in [0.25, 0.3) is 0 Å². The SMILES string of the molecule is Cc1cccc(Oc2ccc(S(=O)(=O)N3CC(N4CCc5sccc5C4)C3)cc2)c1. The molecule has 1 saturated heterocycles. The van der Waals surface area contributed by atoms with Gasteiger partial charge in [-0.05, 0) is 72.3 Å². The molecule has 2 aromatic carbocycles. The third-order valence-corrected chi connectivity index (χ3v) is 8.74. The Morgan fingerprint density at radius 1 is 1.03 bits per heavy atom. The van der Waals surface area contributed by atoms with E-state index in [1.807, 2.05) is 42.5 Å². The van der Waals surface area contributed by atoms with E-state index in [1.165, 1.54) is 10.4 Å². The van der Waals surface area contributed by atoms with Crippen molar-refractivity contribution in [1.82, 2.24) is 9.21 Å². The second-order valence-electron chi connectivity index (χ2n) is 7.96. The average Bonchev–Trinajstić information content (AvgIpc) is 3.15. The van der Waals surface area contributed by atoms with Crippen LogP contribution in [-0.4, -0.2) is 43.3 Å². The molecule has 1 fully saturated rings. The number of aryl methyl sites for hydroxylation is 1. The number of sulfonamides is 1. The minimum Gasteiger partial charge on any atom is -0.457 e. The van der Waals surface area contributed by atoms with E-state index in [0.29, 0.717) is 29.8 Å². The standard InChI is InChI=1S/C23H24N2O3S2/c1-17-3-2-4-21(13-17)28-20-5-7-22(8-6-20)30(26,27)25-15-19(16-25)24-11-9-23-18(14-24)10-12-29-23/h2-8,10,12-13,19H,9,11,14-16H2,1H3. The molecule has 0 atom stereocenters. The summed E-state index contributed by atoms with van der Waals surface area (Å²) in [6.07, 6.45) is 1.07. The lowest BCUT2D eigenvalue weighted by molar-refractivity contribution is 0.0775. The summed E-state index contributed by atoms with van der Waals surface area (Å²) in [7, 11) is -3.47. The number of thiophene rings is 1. The van der Waals surface area contributed by atoms with Crippen LogP contribution in [0.1, 0.15) is 16.0 Å². The Kier molecular flexibility index (Phi) is 5.14. The fourth-order valence-corrected chi connectivity index (χ4v) is 6.47. The van der Waals surface area contributed by atoms with Gasteiger partial charge in [0.05, 0.1) is 4.90 Å². The van der Waals surface area contributed by atoms with Crippen LogP contribution in [0.25, 0.3) is 0 Å².